The summed E-state index contributed by atoms with van der Waals surface area (Å²) in [5.41, 5.74) is 3.71. The lowest BCUT2D eigenvalue weighted by Gasteiger charge is -1.96. The van der Waals surface area contributed by atoms with Crippen molar-refractivity contribution in [1.82, 2.24) is 0 Å². The minimum atomic E-state index is 1.05. The summed E-state index contributed by atoms with van der Waals surface area (Å²) in [6, 6.07) is 20.0. The third-order valence-electron chi connectivity index (χ3n) is 3.60. The largest absolute Gasteiger partial charge is 0.0805 e. The zero-order chi connectivity index (χ0) is 16.2. The van der Waals surface area contributed by atoms with Crippen LogP contribution >= 0.6 is 0 Å². The van der Waals surface area contributed by atoms with Gasteiger partial charge in [0.1, 0.15) is 0 Å². The molecule has 0 N–H and O–H groups in total. The van der Waals surface area contributed by atoms with Crippen LogP contribution in [0.4, 0.5) is 0 Å². The molecule has 0 aliphatic heterocycles. The first-order valence-corrected chi connectivity index (χ1v) is 8.35. The molecule has 0 saturated carbocycles. The van der Waals surface area contributed by atoms with Crippen LogP contribution in [0.15, 0.2) is 84.5 Å². The molecule has 0 spiro atoms. The van der Waals surface area contributed by atoms with Gasteiger partial charge < -0.3 is 0 Å². The quantitative estimate of drug-likeness (QED) is 0.596. The van der Waals surface area contributed by atoms with E-state index < -0.39 is 0 Å². The molecule has 3 rings (SSSR count). The van der Waals surface area contributed by atoms with Crippen LogP contribution in [0.1, 0.15) is 43.7 Å². The molecule has 0 amide bonds. The normalized spacial score (nSPS) is 11.8. The number of benzene rings is 2. The number of allylic oxidation sites excluding steroid dienone is 4. The van der Waals surface area contributed by atoms with Gasteiger partial charge in [-0.05, 0) is 43.5 Å². The first-order valence-electron chi connectivity index (χ1n) is 8.35. The Morgan fingerprint density at radius 1 is 0.826 bits per heavy atom. The zero-order valence-electron chi connectivity index (χ0n) is 13.8. The lowest BCUT2D eigenvalue weighted by Crippen LogP contribution is -1.77. The third kappa shape index (κ3) is 6.85. The van der Waals surface area contributed by atoms with E-state index in [9.17, 15) is 0 Å². The highest BCUT2D eigenvalue weighted by atomic mass is 14.0. The number of hydrogen-bond donors (Lipinski definition) is 0. The summed E-state index contributed by atoms with van der Waals surface area (Å²) < 4.78 is 0. The number of hydrogen-bond acceptors (Lipinski definition) is 0. The molecule has 0 nitrogen and oxygen atoms in total. The lowest BCUT2D eigenvalue weighted by molar-refractivity contribution is 0.779. The van der Waals surface area contributed by atoms with Gasteiger partial charge in [-0.3, -0.25) is 0 Å². The average Bonchev–Trinajstić information content (AvgIpc) is 3.14. The molecule has 0 aromatic heterocycles. The van der Waals surface area contributed by atoms with Crippen LogP contribution in [0.5, 0.6) is 0 Å². The Hall–Kier alpha value is -2.52. The molecule has 1 aliphatic carbocycles. The maximum absolute atomic E-state index is 3.11. The molecule has 0 atom stereocenters. The van der Waals surface area contributed by atoms with Gasteiger partial charge in [0.15, 0.2) is 0 Å². The second kappa shape index (κ2) is 10.2. The van der Waals surface area contributed by atoms with E-state index in [1.54, 1.807) is 5.57 Å². The van der Waals surface area contributed by atoms with Gasteiger partial charge in [-0.1, -0.05) is 85.4 Å². The Balaban J connectivity index is 0.000000185. The monoisotopic (exact) mass is 300 g/mol. The first-order chi connectivity index (χ1) is 11.4. The molecular formula is C23H24. The van der Waals surface area contributed by atoms with Crippen LogP contribution in [0, 0.1) is 11.8 Å². The molecule has 0 saturated heterocycles. The molecule has 0 heteroatoms. The van der Waals surface area contributed by atoms with E-state index in [2.05, 4.69) is 37.0 Å². The standard InChI is InChI=1S/C14H10.C9H14/c1-3-7-13(8-4-1)11-12-14-9-5-2-6-10-14;1-2-3-6-9-7-4-5-8-9/h1-10H;4-5,7H,2-3,6,8H2,1H3. The van der Waals surface area contributed by atoms with E-state index in [-0.39, 0.29) is 0 Å². The van der Waals surface area contributed by atoms with Gasteiger partial charge in [-0.15, -0.1) is 0 Å². The Morgan fingerprint density at radius 2 is 1.39 bits per heavy atom. The minimum Gasteiger partial charge on any atom is -0.0805 e. The molecule has 23 heavy (non-hydrogen) atoms. The van der Waals surface area contributed by atoms with Crippen molar-refractivity contribution in [3.8, 4) is 11.8 Å². The summed E-state index contributed by atoms with van der Waals surface area (Å²) in [7, 11) is 0. The summed E-state index contributed by atoms with van der Waals surface area (Å²) in [6.45, 7) is 2.24. The molecule has 2 aromatic carbocycles. The van der Waals surface area contributed by atoms with Crippen LogP contribution in [0.3, 0.4) is 0 Å². The predicted octanol–water partition coefficient (Wildman–Crippen LogP) is 6.15. The summed E-state index contributed by atoms with van der Waals surface area (Å²) in [6.07, 6.45) is 11.8. The number of unbranched alkanes of at least 4 members (excludes halogenated alkanes) is 1. The van der Waals surface area contributed by atoms with Gasteiger partial charge >= 0.3 is 0 Å². The van der Waals surface area contributed by atoms with E-state index in [1.165, 1.54) is 25.7 Å². The van der Waals surface area contributed by atoms with Crippen LogP contribution in [0.25, 0.3) is 0 Å². The Bertz CT molecular complexity index is 636. The van der Waals surface area contributed by atoms with Crippen molar-refractivity contribution >= 4 is 0 Å². The lowest BCUT2D eigenvalue weighted by atomic mass is 10.1. The van der Waals surface area contributed by atoms with E-state index in [0.717, 1.165) is 11.1 Å². The van der Waals surface area contributed by atoms with Crippen LogP contribution < -0.4 is 0 Å². The maximum Gasteiger partial charge on any atom is 0.0249 e. The molecule has 1 aliphatic rings. The molecule has 0 bridgehead atoms. The van der Waals surface area contributed by atoms with Crippen LogP contribution in [-0.4, -0.2) is 0 Å². The average molecular weight is 300 g/mol. The fraction of sp³-hybridized carbons (Fsp3) is 0.217. The minimum absolute atomic E-state index is 1.05. The highest BCUT2D eigenvalue weighted by Crippen LogP contribution is 2.16. The van der Waals surface area contributed by atoms with Gasteiger partial charge in [0, 0.05) is 11.1 Å². The van der Waals surface area contributed by atoms with E-state index >= 15 is 0 Å². The van der Waals surface area contributed by atoms with Crippen molar-refractivity contribution in [2.75, 3.05) is 0 Å². The highest BCUT2D eigenvalue weighted by molar-refractivity contribution is 5.42. The fourth-order valence-corrected chi connectivity index (χ4v) is 2.27. The molecule has 2 aromatic rings. The summed E-state index contributed by atoms with van der Waals surface area (Å²) in [5.74, 6) is 6.22. The molecule has 0 fully saturated rings. The second-order valence-electron chi connectivity index (χ2n) is 5.54. The summed E-state index contributed by atoms with van der Waals surface area (Å²) in [4.78, 5) is 0. The van der Waals surface area contributed by atoms with Gasteiger partial charge in [0.25, 0.3) is 0 Å². The number of rotatable bonds is 3. The molecule has 0 unspecified atom stereocenters. The van der Waals surface area contributed by atoms with Crippen LogP contribution in [0.2, 0.25) is 0 Å². The molecule has 116 valence electrons. The fourth-order valence-electron chi connectivity index (χ4n) is 2.27. The van der Waals surface area contributed by atoms with E-state index in [0.29, 0.717) is 0 Å². The van der Waals surface area contributed by atoms with Crippen molar-refractivity contribution in [3.05, 3.63) is 95.6 Å². The van der Waals surface area contributed by atoms with Gasteiger partial charge in [-0.25, -0.2) is 0 Å². The van der Waals surface area contributed by atoms with Crippen molar-refractivity contribution in [3.63, 3.8) is 0 Å². The summed E-state index contributed by atoms with van der Waals surface area (Å²) >= 11 is 0. The zero-order valence-corrected chi connectivity index (χ0v) is 13.8. The highest BCUT2D eigenvalue weighted by Gasteiger charge is 1.96. The van der Waals surface area contributed by atoms with Gasteiger partial charge in [0.05, 0.1) is 0 Å². The Morgan fingerprint density at radius 3 is 1.83 bits per heavy atom. The van der Waals surface area contributed by atoms with E-state index in [1.807, 2.05) is 60.7 Å². The van der Waals surface area contributed by atoms with Crippen molar-refractivity contribution in [2.45, 2.75) is 32.6 Å². The SMILES string of the molecule is C(#Cc1ccccc1)c1ccccc1.CCCCC1=CC=CC1. The second-order valence-corrected chi connectivity index (χ2v) is 5.54. The van der Waals surface area contributed by atoms with Crippen LogP contribution in [-0.2, 0) is 0 Å². The maximum atomic E-state index is 3.11. The smallest absolute Gasteiger partial charge is 0.0249 e. The molecule has 0 radical (unpaired) electrons. The Kier molecular flexibility index (Phi) is 7.50. The molecule has 0 heterocycles. The summed E-state index contributed by atoms with van der Waals surface area (Å²) in [5, 5.41) is 0. The first kappa shape index (κ1) is 16.8. The van der Waals surface area contributed by atoms with Gasteiger partial charge in [-0.2, -0.15) is 0 Å². The topological polar surface area (TPSA) is 0 Å². The van der Waals surface area contributed by atoms with Crippen molar-refractivity contribution in [1.29, 1.82) is 0 Å². The Labute approximate surface area is 140 Å². The van der Waals surface area contributed by atoms with Crippen molar-refractivity contribution < 1.29 is 0 Å². The van der Waals surface area contributed by atoms with E-state index in [4.69, 9.17) is 0 Å². The predicted molar refractivity (Wildman–Crippen MR) is 100 cm³/mol. The van der Waals surface area contributed by atoms with Crippen molar-refractivity contribution in [2.24, 2.45) is 0 Å². The van der Waals surface area contributed by atoms with Gasteiger partial charge in [0.2, 0.25) is 0 Å². The molecular weight excluding hydrogens is 276 g/mol. The third-order valence-corrected chi connectivity index (χ3v) is 3.60.